The molecule has 0 aliphatic carbocycles. The molecule has 502 valence electrons. The number of allylic oxidation sites excluding steroid dienone is 30. The smallest absolute Gasteiger partial charge is 0.462 e. The highest BCUT2D eigenvalue weighted by molar-refractivity contribution is 7.47. The summed E-state index contributed by atoms with van der Waals surface area (Å²) in [5.41, 5.74) is 5.40. The molecule has 0 spiro atoms. The van der Waals surface area contributed by atoms with Crippen molar-refractivity contribution in [3.8, 4) is 0 Å². The van der Waals surface area contributed by atoms with Crippen molar-refractivity contribution >= 4 is 19.8 Å². The quantitative estimate of drug-likeness (QED) is 0.0264. The predicted octanol–water partition coefficient (Wildman–Crippen LogP) is 23.5. The van der Waals surface area contributed by atoms with Gasteiger partial charge in [-0.25, -0.2) is 4.57 Å². The Morgan fingerprint density at radius 3 is 0.865 bits per heavy atom. The van der Waals surface area contributed by atoms with Gasteiger partial charge in [0.1, 0.15) is 6.61 Å². The molecule has 0 aliphatic rings. The second-order valence-corrected chi connectivity index (χ2v) is 24.1. The van der Waals surface area contributed by atoms with Gasteiger partial charge < -0.3 is 20.1 Å². The Balaban J connectivity index is 4.00. The molecule has 0 saturated heterocycles. The number of ether oxygens (including phenoxy) is 2. The van der Waals surface area contributed by atoms with Crippen LogP contribution in [0.15, 0.2) is 182 Å². The van der Waals surface area contributed by atoms with E-state index in [-0.39, 0.29) is 32.6 Å². The molecule has 0 aromatic rings. The fourth-order valence-electron chi connectivity index (χ4n) is 9.16. The number of carbonyl (C=O) groups is 2. The van der Waals surface area contributed by atoms with Crippen molar-refractivity contribution in [3.63, 3.8) is 0 Å². The van der Waals surface area contributed by atoms with Crippen LogP contribution in [0.4, 0.5) is 0 Å². The molecule has 2 unspecified atom stereocenters. The first kappa shape index (κ1) is 84.1. The van der Waals surface area contributed by atoms with Crippen LogP contribution in [0.3, 0.4) is 0 Å². The lowest BCUT2D eigenvalue weighted by Crippen LogP contribution is -2.29. The molecule has 10 heteroatoms. The molecule has 9 nitrogen and oxygen atoms in total. The molecule has 89 heavy (non-hydrogen) atoms. The number of phosphoric ester groups is 1. The van der Waals surface area contributed by atoms with Crippen LogP contribution in [0.1, 0.15) is 271 Å². The van der Waals surface area contributed by atoms with E-state index in [4.69, 9.17) is 24.3 Å². The summed E-state index contributed by atoms with van der Waals surface area (Å²) >= 11 is 0. The summed E-state index contributed by atoms with van der Waals surface area (Å²) in [5.74, 6) is -0.857. The average Bonchev–Trinajstić information content (AvgIpc) is 3.68. The van der Waals surface area contributed by atoms with Gasteiger partial charge in [0.15, 0.2) is 6.10 Å². The van der Waals surface area contributed by atoms with Gasteiger partial charge in [-0.3, -0.25) is 18.6 Å². The maximum Gasteiger partial charge on any atom is 0.472 e. The summed E-state index contributed by atoms with van der Waals surface area (Å²) in [7, 11) is -4.41. The van der Waals surface area contributed by atoms with E-state index in [9.17, 15) is 19.0 Å². The van der Waals surface area contributed by atoms with Crippen LogP contribution in [-0.4, -0.2) is 49.3 Å². The second kappa shape index (κ2) is 72.2. The van der Waals surface area contributed by atoms with Crippen molar-refractivity contribution in [1.29, 1.82) is 0 Å². The van der Waals surface area contributed by atoms with Crippen molar-refractivity contribution in [3.05, 3.63) is 182 Å². The molecular weight excluding hydrogens is 1120 g/mol. The number of esters is 2. The molecule has 0 aliphatic heterocycles. The fraction of sp³-hybridized carbons (Fsp3) is 0.595. The van der Waals surface area contributed by atoms with E-state index in [2.05, 4.69) is 196 Å². The van der Waals surface area contributed by atoms with Crippen LogP contribution in [0.2, 0.25) is 0 Å². The van der Waals surface area contributed by atoms with E-state index < -0.39 is 32.5 Å². The summed E-state index contributed by atoms with van der Waals surface area (Å²) in [5, 5.41) is 0. The minimum Gasteiger partial charge on any atom is -0.462 e. The zero-order valence-electron chi connectivity index (χ0n) is 56.3. The van der Waals surface area contributed by atoms with Crippen molar-refractivity contribution in [2.45, 2.75) is 277 Å². The molecule has 0 radical (unpaired) electrons. The van der Waals surface area contributed by atoms with Crippen molar-refractivity contribution in [1.82, 2.24) is 0 Å². The van der Waals surface area contributed by atoms with Gasteiger partial charge in [-0.05, 0) is 135 Å². The Bertz CT molecular complexity index is 2110. The largest absolute Gasteiger partial charge is 0.472 e. The molecule has 0 aromatic heterocycles. The zero-order chi connectivity index (χ0) is 64.4. The van der Waals surface area contributed by atoms with Crippen LogP contribution in [-0.2, 0) is 32.7 Å². The SMILES string of the molecule is CC/C=C\C/C=C\C/C=C\C/C=C\C/C=C\C/C=C\C/C=C\C/C=C\C/C=C\C/C=C\C/C=C\CCCCCCCC(=O)OC(COC(=O)CCCCCCCCCCCCCCCCCC/C=C\C/C=C\C/C=C\C/C=C\CC)COP(=O)(O)OCCN. The first-order valence-electron chi connectivity index (χ1n) is 35.3. The van der Waals surface area contributed by atoms with Gasteiger partial charge in [-0.15, -0.1) is 0 Å². The summed E-state index contributed by atoms with van der Waals surface area (Å²) in [4.78, 5) is 35.4. The molecule has 0 aromatic carbocycles. The third kappa shape index (κ3) is 72.1. The highest BCUT2D eigenvalue weighted by Crippen LogP contribution is 2.43. The van der Waals surface area contributed by atoms with Gasteiger partial charge in [0.05, 0.1) is 13.2 Å². The predicted molar refractivity (Wildman–Crippen MR) is 385 cm³/mol. The monoisotopic (exact) mass is 1250 g/mol. The second-order valence-electron chi connectivity index (χ2n) is 22.6. The Hall–Kier alpha value is -4.89. The van der Waals surface area contributed by atoms with E-state index in [1.54, 1.807) is 0 Å². The fourth-order valence-corrected chi connectivity index (χ4v) is 9.93. The molecule has 0 heterocycles. The van der Waals surface area contributed by atoms with Crippen molar-refractivity contribution in [2.75, 3.05) is 26.4 Å². The maximum absolute atomic E-state index is 12.8. The Labute approximate surface area is 545 Å². The average molecular weight is 1250 g/mol. The van der Waals surface area contributed by atoms with Crippen LogP contribution in [0.25, 0.3) is 0 Å². The van der Waals surface area contributed by atoms with Gasteiger partial charge in [0.25, 0.3) is 0 Å². The highest BCUT2D eigenvalue weighted by atomic mass is 31.2. The van der Waals surface area contributed by atoms with Gasteiger partial charge >= 0.3 is 19.8 Å². The minimum atomic E-state index is -4.41. The molecule has 3 N–H and O–H groups in total. The molecule has 2 atom stereocenters. The third-order valence-electron chi connectivity index (χ3n) is 14.3. The van der Waals surface area contributed by atoms with E-state index in [1.807, 2.05) is 0 Å². The number of carbonyl (C=O) groups excluding carboxylic acids is 2. The first-order chi connectivity index (χ1) is 43.8. The molecule has 0 saturated carbocycles. The molecule has 0 bridgehead atoms. The Morgan fingerprint density at radius 1 is 0.337 bits per heavy atom. The third-order valence-corrected chi connectivity index (χ3v) is 15.3. The number of hydrogen-bond acceptors (Lipinski definition) is 8. The highest BCUT2D eigenvalue weighted by Gasteiger charge is 2.26. The van der Waals surface area contributed by atoms with E-state index in [0.717, 1.165) is 148 Å². The van der Waals surface area contributed by atoms with Crippen molar-refractivity contribution < 1.29 is 37.6 Å². The van der Waals surface area contributed by atoms with E-state index in [0.29, 0.717) is 6.42 Å². The minimum absolute atomic E-state index is 0.0414. The van der Waals surface area contributed by atoms with E-state index >= 15 is 0 Å². The number of unbranched alkanes of at least 4 members (excludes halogenated alkanes) is 21. The van der Waals surface area contributed by atoms with Gasteiger partial charge in [-0.1, -0.05) is 305 Å². The summed E-state index contributed by atoms with van der Waals surface area (Å²) in [6, 6.07) is 0. The number of hydrogen-bond donors (Lipinski definition) is 2. The molecule has 0 rings (SSSR count). The number of phosphoric acid groups is 1. The first-order valence-corrected chi connectivity index (χ1v) is 36.8. The van der Waals surface area contributed by atoms with Gasteiger partial charge in [-0.2, -0.15) is 0 Å². The Morgan fingerprint density at radius 2 is 0.584 bits per heavy atom. The number of nitrogens with two attached hydrogens (primary N) is 1. The van der Waals surface area contributed by atoms with Crippen LogP contribution in [0.5, 0.6) is 0 Å². The van der Waals surface area contributed by atoms with Crippen molar-refractivity contribution in [2.24, 2.45) is 5.73 Å². The topological polar surface area (TPSA) is 134 Å². The standard InChI is InChI=1S/C79H128NO8P/c1-3-5-7-9-11-13-15-17-19-21-23-25-27-29-31-33-34-35-36-37-38-39-40-41-42-44-46-48-50-52-54-56-58-60-62-64-66-68-70-72-79(82)88-77(76-87-89(83,84)86-74-73-80)75-85-78(81)71-69-67-65-63-61-59-57-55-53-51-49-47-45-43-32-30-28-26-24-22-20-18-16-14-12-10-8-6-4-2/h5-8,11-14,17-20,23-26,29,31,34-35,37-38,40-41,44,46,50,52,56,58,77H,3-4,9-10,15-16,21-22,27-28,30,32-33,36,39,42-43,45,47-49,51,53-55,57,59-76,80H2,1-2H3,(H,83,84)/b7-5-,8-6-,13-11-,14-12-,19-17-,20-18-,25-23-,26-24-,31-29-,35-34-,38-37-,41-40-,46-44-,52-50-,58-56-. The van der Waals surface area contributed by atoms with E-state index in [1.165, 1.54) is 89.9 Å². The lowest BCUT2D eigenvalue weighted by Gasteiger charge is -2.19. The van der Waals surface area contributed by atoms with Gasteiger partial charge in [0, 0.05) is 19.4 Å². The van der Waals surface area contributed by atoms with Gasteiger partial charge in [0.2, 0.25) is 0 Å². The Kier molecular flexibility index (Phi) is 68.2. The lowest BCUT2D eigenvalue weighted by molar-refractivity contribution is -0.161. The molecule has 0 fully saturated rings. The van der Waals surface area contributed by atoms with Crippen LogP contribution < -0.4 is 5.73 Å². The normalized spacial score (nSPS) is 14.1. The zero-order valence-corrected chi connectivity index (χ0v) is 57.2. The lowest BCUT2D eigenvalue weighted by atomic mass is 10.0. The summed E-state index contributed by atoms with van der Waals surface area (Å²) in [6.45, 7) is 3.49. The maximum atomic E-state index is 12.8. The summed E-state index contributed by atoms with van der Waals surface area (Å²) in [6.07, 6.45) is 108. The molecule has 0 amide bonds. The van der Waals surface area contributed by atoms with Crippen LogP contribution in [0, 0.1) is 0 Å². The molecular formula is C79H128NO8P. The van der Waals surface area contributed by atoms with Crippen LogP contribution >= 0.6 is 7.82 Å². The summed E-state index contributed by atoms with van der Waals surface area (Å²) < 4.78 is 33.2. The number of rotatable bonds is 64.